The number of esters is 1. The van der Waals surface area contributed by atoms with Crippen LogP contribution in [0.25, 0.3) is 0 Å². The summed E-state index contributed by atoms with van der Waals surface area (Å²) >= 11 is 0. The Balaban J connectivity index is 1.97. The molecule has 1 atom stereocenters. The lowest BCUT2D eigenvalue weighted by molar-refractivity contribution is -0.144. The molecule has 0 aliphatic rings. The molecule has 0 radical (unpaired) electrons. The van der Waals surface area contributed by atoms with Crippen molar-refractivity contribution < 1.29 is 9.53 Å². The summed E-state index contributed by atoms with van der Waals surface area (Å²) in [5.41, 5.74) is 8.76. The van der Waals surface area contributed by atoms with E-state index in [0.717, 1.165) is 16.7 Å². The fraction of sp³-hybridized carbons (Fsp3) is 0.185. The van der Waals surface area contributed by atoms with Gasteiger partial charge in [-0.15, -0.1) is 0 Å². The monoisotopic (exact) mass is 425 g/mol. The first-order valence-electron chi connectivity index (χ1n) is 10.8. The van der Waals surface area contributed by atoms with Crippen LogP contribution in [-0.4, -0.2) is 28.2 Å². The standard InChI is InChI=1S/C27H27N3O2/c1-2-32-26(31)24(28)20-25-29-18-19-30(25)27(21-12-6-3-7-13-21,22-14-8-4-9-15-22)23-16-10-5-11-17-23/h3-19,24H,2,20,28H2,1H3. The maximum Gasteiger partial charge on any atom is 0.323 e. The van der Waals surface area contributed by atoms with Crippen molar-refractivity contribution in [1.82, 2.24) is 9.55 Å². The first kappa shape index (κ1) is 21.5. The highest BCUT2D eigenvalue weighted by Crippen LogP contribution is 2.41. The molecule has 4 aromatic rings. The van der Waals surface area contributed by atoms with Crippen molar-refractivity contribution in [3.63, 3.8) is 0 Å². The van der Waals surface area contributed by atoms with Gasteiger partial charge in [-0.25, -0.2) is 4.98 Å². The van der Waals surface area contributed by atoms with Gasteiger partial charge in [0.25, 0.3) is 0 Å². The summed E-state index contributed by atoms with van der Waals surface area (Å²) < 4.78 is 7.26. The lowest BCUT2D eigenvalue weighted by Gasteiger charge is -2.38. The Bertz CT molecular complexity index is 1040. The Labute approximate surface area is 188 Å². The van der Waals surface area contributed by atoms with Crippen LogP contribution in [0.2, 0.25) is 0 Å². The molecule has 1 unspecified atom stereocenters. The summed E-state index contributed by atoms with van der Waals surface area (Å²) in [4.78, 5) is 16.9. The number of hydrogen-bond donors (Lipinski definition) is 1. The van der Waals surface area contributed by atoms with E-state index in [-0.39, 0.29) is 6.42 Å². The fourth-order valence-electron chi connectivity index (χ4n) is 4.28. The number of nitrogens with two attached hydrogens (primary N) is 1. The second-order valence-electron chi connectivity index (χ2n) is 7.58. The van der Waals surface area contributed by atoms with Crippen LogP contribution in [0, 0.1) is 0 Å². The van der Waals surface area contributed by atoms with E-state index in [1.54, 1.807) is 13.1 Å². The molecule has 5 heteroatoms. The zero-order valence-corrected chi connectivity index (χ0v) is 18.1. The normalized spacial score (nSPS) is 12.3. The van der Waals surface area contributed by atoms with Gasteiger partial charge in [-0.05, 0) is 23.6 Å². The highest BCUT2D eigenvalue weighted by molar-refractivity contribution is 5.75. The number of nitrogens with zero attached hydrogens (tertiary/aromatic N) is 2. The molecule has 3 aromatic carbocycles. The molecule has 4 rings (SSSR count). The molecule has 0 aliphatic heterocycles. The highest BCUT2D eigenvalue weighted by Gasteiger charge is 2.39. The van der Waals surface area contributed by atoms with E-state index in [1.165, 1.54) is 0 Å². The van der Waals surface area contributed by atoms with E-state index >= 15 is 0 Å². The number of benzene rings is 3. The van der Waals surface area contributed by atoms with Crippen LogP contribution in [0.15, 0.2) is 103 Å². The predicted octanol–water partition coefficient (Wildman–Crippen LogP) is 4.16. The van der Waals surface area contributed by atoms with Crippen molar-refractivity contribution in [2.45, 2.75) is 24.9 Å². The van der Waals surface area contributed by atoms with Gasteiger partial charge in [-0.2, -0.15) is 0 Å². The fourth-order valence-corrected chi connectivity index (χ4v) is 4.28. The number of hydrogen-bond acceptors (Lipinski definition) is 4. The topological polar surface area (TPSA) is 70.1 Å². The van der Waals surface area contributed by atoms with Gasteiger partial charge in [0, 0.05) is 18.8 Å². The zero-order chi connectivity index (χ0) is 22.4. The Morgan fingerprint density at radius 1 is 0.906 bits per heavy atom. The molecule has 1 aromatic heterocycles. The Kier molecular flexibility index (Phi) is 6.47. The third kappa shape index (κ3) is 3.95. The van der Waals surface area contributed by atoms with E-state index in [0.29, 0.717) is 12.4 Å². The van der Waals surface area contributed by atoms with Gasteiger partial charge >= 0.3 is 5.97 Å². The molecular formula is C27H27N3O2. The van der Waals surface area contributed by atoms with Crippen LogP contribution >= 0.6 is 0 Å². The Morgan fingerprint density at radius 3 is 1.81 bits per heavy atom. The molecule has 5 nitrogen and oxygen atoms in total. The van der Waals surface area contributed by atoms with Gasteiger partial charge in [0.2, 0.25) is 0 Å². The van der Waals surface area contributed by atoms with Crippen LogP contribution in [0.5, 0.6) is 0 Å². The quantitative estimate of drug-likeness (QED) is 0.340. The predicted molar refractivity (Wildman–Crippen MR) is 125 cm³/mol. The molecule has 0 amide bonds. The molecule has 0 fully saturated rings. The summed E-state index contributed by atoms with van der Waals surface area (Å²) in [5, 5.41) is 0. The van der Waals surface area contributed by atoms with E-state index in [4.69, 9.17) is 10.5 Å². The molecule has 0 spiro atoms. The van der Waals surface area contributed by atoms with Crippen LogP contribution in [0.4, 0.5) is 0 Å². The number of imidazole rings is 1. The summed E-state index contributed by atoms with van der Waals surface area (Å²) in [6.07, 6.45) is 3.98. The van der Waals surface area contributed by atoms with Crippen molar-refractivity contribution in [3.8, 4) is 0 Å². The first-order valence-corrected chi connectivity index (χ1v) is 10.8. The summed E-state index contributed by atoms with van der Waals surface area (Å²) in [6.45, 7) is 2.07. The smallest absolute Gasteiger partial charge is 0.323 e. The minimum absolute atomic E-state index is 0.264. The number of carbonyl (C=O) groups excluding carboxylic acids is 1. The van der Waals surface area contributed by atoms with Crippen molar-refractivity contribution in [1.29, 1.82) is 0 Å². The van der Waals surface area contributed by atoms with E-state index < -0.39 is 17.6 Å². The van der Waals surface area contributed by atoms with Crippen molar-refractivity contribution in [2.24, 2.45) is 5.73 Å². The molecule has 32 heavy (non-hydrogen) atoms. The number of aromatic nitrogens is 2. The zero-order valence-electron chi connectivity index (χ0n) is 18.1. The average molecular weight is 426 g/mol. The summed E-state index contributed by atoms with van der Waals surface area (Å²) in [5.74, 6) is 0.286. The lowest BCUT2D eigenvalue weighted by Crippen LogP contribution is -2.41. The SMILES string of the molecule is CCOC(=O)C(N)Cc1nccn1C(c1ccccc1)(c1ccccc1)c1ccccc1. The largest absolute Gasteiger partial charge is 0.465 e. The molecule has 0 aliphatic carbocycles. The average Bonchev–Trinajstić information content (AvgIpc) is 3.30. The van der Waals surface area contributed by atoms with Crippen LogP contribution < -0.4 is 5.73 Å². The first-order chi connectivity index (χ1) is 15.7. The van der Waals surface area contributed by atoms with Crippen molar-refractivity contribution in [3.05, 3.63) is 126 Å². The van der Waals surface area contributed by atoms with Crippen molar-refractivity contribution in [2.75, 3.05) is 6.61 Å². The molecule has 0 saturated carbocycles. The van der Waals surface area contributed by atoms with Gasteiger partial charge in [0.1, 0.15) is 17.4 Å². The maximum atomic E-state index is 12.3. The molecular weight excluding hydrogens is 398 g/mol. The second-order valence-corrected chi connectivity index (χ2v) is 7.58. The molecule has 2 N–H and O–H groups in total. The number of carbonyl (C=O) groups is 1. The van der Waals surface area contributed by atoms with Gasteiger partial charge in [-0.1, -0.05) is 91.0 Å². The minimum atomic E-state index is -0.795. The van der Waals surface area contributed by atoms with Gasteiger partial charge in [0.15, 0.2) is 0 Å². The Hall–Kier alpha value is -3.70. The molecule has 1 heterocycles. The second kappa shape index (κ2) is 9.62. The maximum absolute atomic E-state index is 12.3. The number of ether oxygens (including phenoxy) is 1. The molecule has 0 bridgehead atoms. The van der Waals surface area contributed by atoms with Crippen molar-refractivity contribution >= 4 is 5.97 Å². The number of rotatable bonds is 8. The van der Waals surface area contributed by atoms with E-state index in [2.05, 4.69) is 45.9 Å². The lowest BCUT2D eigenvalue weighted by atomic mass is 9.76. The van der Waals surface area contributed by atoms with Crippen LogP contribution in [-0.2, 0) is 21.5 Å². The van der Waals surface area contributed by atoms with E-state index in [1.807, 2.05) is 60.8 Å². The molecule has 162 valence electrons. The Morgan fingerprint density at radius 2 is 1.38 bits per heavy atom. The van der Waals surface area contributed by atoms with Gasteiger partial charge < -0.3 is 15.0 Å². The third-order valence-corrected chi connectivity index (χ3v) is 5.65. The van der Waals surface area contributed by atoms with Gasteiger partial charge in [0.05, 0.1) is 6.61 Å². The summed E-state index contributed by atoms with van der Waals surface area (Å²) in [6, 6.07) is 30.2. The van der Waals surface area contributed by atoms with Gasteiger partial charge in [-0.3, -0.25) is 4.79 Å². The van der Waals surface area contributed by atoms with Crippen LogP contribution in [0.3, 0.4) is 0 Å². The van der Waals surface area contributed by atoms with Crippen LogP contribution in [0.1, 0.15) is 29.4 Å². The van der Waals surface area contributed by atoms with E-state index in [9.17, 15) is 4.79 Å². The highest BCUT2D eigenvalue weighted by atomic mass is 16.5. The third-order valence-electron chi connectivity index (χ3n) is 5.65. The minimum Gasteiger partial charge on any atom is -0.465 e. The summed E-state index contributed by atoms with van der Waals surface area (Å²) in [7, 11) is 0. The molecule has 0 saturated heterocycles.